The maximum Gasteiger partial charge on any atom is 0.267 e. The van der Waals surface area contributed by atoms with Crippen molar-refractivity contribution in [1.29, 1.82) is 0 Å². The van der Waals surface area contributed by atoms with E-state index in [0.29, 0.717) is 15.3 Å². The predicted octanol–water partition coefficient (Wildman–Crippen LogP) is 4.13. The molecule has 2 rings (SSSR count). The van der Waals surface area contributed by atoms with Crippen molar-refractivity contribution in [3.8, 4) is 0 Å². The van der Waals surface area contributed by atoms with Crippen molar-refractivity contribution >= 4 is 44.8 Å². The number of carbonyl (C=O) groups is 1. The topological polar surface area (TPSA) is 45.8 Å². The molecule has 1 aromatic heterocycles. The molecule has 0 spiro atoms. The van der Waals surface area contributed by atoms with Crippen molar-refractivity contribution in [2.75, 3.05) is 0 Å². The zero-order valence-electron chi connectivity index (χ0n) is 11.9. The molecule has 6 heteroatoms. The van der Waals surface area contributed by atoms with Gasteiger partial charge in [-0.1, -0.05) is 0 Å². The van der Waals surface area contributed by atoms with Crippen molar-refractivity contribution < 1.29 is 9.21 Å². The minimum absolute atomic E-state index is 0.0167. The zero-order chi connectivity index (χ0) is 14.9. The van der Waals surface area contributed by atoms with Gasteiger partial charge in [-0.05, 0) is 67.5 Å². The van der Waals surface area contributed by atoms with Gasteiger partial charge in [0.1, 0.15) is 5.76 Å². The molecule has 1 aliphatic heterocycles. The maximum atomic E-state index is 12.5. The van der Waals surface area contributed by atoms with Crippen molar-refractivity contribution in [1.82, 2.24) is 4.90 Å². The second kappa shape index (κ2) is 6.18. The van der Waals surface area contributed by atoms with Crippen molar-refractivity contribution in [3.05, 3.63) is 27.5 Å². The molecule has 0 radical (unpaired) electrons. The van der Waals surface area contributed by atoms with Crippen LogP contribution in [0.25, 0.3) is 6.08 Å². The Morgan fingerprint density at radius 1 is 1.35 bits per heavy atom. The van der Waals surface area contributed by atoms with E-state index in [1.165, 1.54) is 11.8 Å². The number of nitrogens with zero attached hydrogens (tertiary/aromatic N) is 2. The van der Waals surface area contributed by atoms with Crippen LogP contribution in [0.4, 0.5) is 0 Å². The number of furan rings is 1. The first-order valence-electron chi connectivity index (χ1n) is 6.44. The third-order valence-corrected chi connectivity index (χ3v) is 4.01. The number of aliphatic imine (C=N–C) groups is 1. The van der Waals surface area contributed by atoms with Crippen LogP contribution in [-0.2, 0) is 4.79 Å². The van der Waals surface area contributed by atoms with Gasteiger partial charge in [0.05, 0.1) is 4.91 Å². The van der Waals surface area contributed by atoms with Gasteiger partial charge in [0.2, 0.25) is 0 Å². The van der Waals surface area contributed by atoms with Gasteiger partial charge in [-0.3, -0.25) is 14.7 Å². The second-order valence-electron chi connectivity index (χ2n) is 5.03. The van der Waals surface area contributed by atoms with Crippen LogP contribution in [-0.4, -0.2) is 28.1 Å². The van der Waals surface area contributed by atoms with E-state index in [1.807, 2.05) is 33.8 Å². The number of hydrogen-bond donors (Lipinski definition) is 0. The van der Waals surface area contributed by atoms with E-state index in [-0.39, 0.29) is 18.0 Å². The smallest absolute Gasteiger partial charge is 0.267 e. The highest BCUT2D eigenvalue weighted by Crippen LogP contribution is 2.34. The lowest BCUT2D eigenvalue weighted by Gasteiger charge is -2.20. The van der Waals surface area contributed by atoms with Gasteiger partial charge in [0, 0.05) is 18.2 Å². The maximum absolute atomic E-state index is 12.5. The van der Waals surface area contributed by atoms with Gasteiger partial charge in [-0.25, -0.2) is 0 Å². The minimum atomic E-state index is -0.0167. The van der Waals surface area contributed by atoms with E-state index in [1.54, 1.807) is 17.0 Å². The molecule has 0 saturated carbocycles. The predicted molar refractivity (Wildman–Crippen MR) is 86.5 cm³/mol. The summed E-state index contributed by atoms with van der Waals surface area (Å²) < 4.78 is 6.07. The summed E-state index contributed by atoms with van der Waals surface area (Å²) in [6, 6.07) is 3.87. The lowest BCUT2D eigenvalue weighted by atomic mass is 10.3. The molecule has 0 aromatic carbocycles. The second-order valence-corrected chi connectivity index (χ2v) is 6.82. The standard InChI is InChI=1S/C14H17BrN2O2S/c1-8(2)16-14-17(9(3)4)13(18)11(20-14)7-10-5-6-12(15)19-10/h5-9H,1-4H3/b11-7+,16-14?. The van der Waals surface area contributed by atoms with E-state index in [2.05, 4.69) is 20.9 Å². The fourth-order valence-corrected chi connectivity index (χ4v) is 3.32. The van der Waals surface area contributed by atoms with Gasteiger partial charge >= 0.3 is 0 Å². The highest BCUT2D eigenvalue weighted by Gasteiger charge is 2.35. The first-order valence-corrected chi connectivity index (χ1v) is 8.05. The Morgan fingerprint density at radius 2 is 2.05 bits per heavy atom. The largest absolute Gasteiger partial charge is 0.450 e. The van der Waals surface area contributed by atoms with Gasteiger partial charge in [0.15, 0.2) is 9.84 Å². The first-order chi connectivity index (χ1) is 9.38. The van der Waals surface area contributed by atoms with Gasteiger partial charge < -0.3 is 4.42 Å². The van der Waals surface area contributed by atoms with E-state index in [0.717, 1.165) is 5.17 Å². The minimum Gasteiger partial charge on any atom is -0.450 e. The SMILES string of the molecule is CC(C)N=C1S/C(=C/c2ccc(Br)o2)C(=O)N1C(C)C. The Balaban J connectivity index is 2.34. The molecular weight excluding hydrogens is 340 g/mol. The Bertz CT molecular complexity index is 575. The quantitative estimate of drug-likeness (QED) is 0.764. The monoisotopic (exact) mass is 356 g/mol. The molecule has 0 aliphatic carbocycles. The molecule has 1 saturated heterocycles. The number of rotatable bonds is 3. The summed E-state index contributed by atoms with van der Waals surface area (Å²) in [5.41, 5.74) is 0. The van der Waals surface area contributed by atoms with E-state index >= 15 is 0 Å². The van der Waals surface area contributed by atoms with Crippen molar-refractivity contribution in [3.63, 3.8) is 0 Å². The van der Waals surface area contributed by atoms with Crippen LogP contribution in [0.5, 0.6) is 0 Å². The molecule has 1 amide bonds. The van der Waals surface area contributed by atoms with Crippen LogP contribution in [0.1, 0.15) is 33.5 Å². The van der Waals surface area contributed by atoms with Crippen LogP contribution in [0.2, 0.25) is 0 Å². The summed E-state index contributed by atoms with van der Waals surface area (Å²) in [4.78, 5) is 19.4. The Morgan fingerprint density at radius 3 is 2.55 bits per heavy atom. The number of carbonyl (C=O) groups excluding carboxylic acids is 1. The molecule has 1 aromatic rings. The fourth-order valence-electron chi connectivity index (χ4n) is 1.79. The summed E-state index contributed by atoms with van der Waals surface area (Å²) in [7, 11) is 0. The number of amidine groups is 1. The molecular formula is C14H17BrN2O2S. The van der Waals surface area contributed by atoms with Crippen LogP contribution >= 0.6 is 27.7 Å². The normalized spacial score (nSPS) is 20.1. The zero-order valence-corrected chi connectivity index (χ0v) is 14.3. The fraction of sp³-hybridized carbons (Fsp3) is 0.429. The van der Waals surface area contributed by atoms with Gasteiger partial charge in [0.25, 0.3) is 5.91 Å². The summed E-state index contributed by atoms with van der Waals surface area (Å²) >= 11 is 4.65. The third-order valence-electron chi connectivity index (χ3n) is 2.59. The molecule has 0 bridgehead atoms. The number of thioether (sulfide) groups is 1. The number of halogens is 1. The van der Waals surface area contributed by atoms with E-state index in [9.17, 15) is 4.79 Å². The average Bonchev–Trinajstić information content (AvgIpc) is 2.84. The van der Waals surface area contributed by atoms with E-state index < -0.39 is 0 Å². The van der Waals surface area contributed by atoms with Crippen LogP contribution in [0, 0.1) is 0 Å². The lowest BCUT2D eigenvalue weighted by molar-refractivity contribution is -0.123. The highest BCUT2D eigenvalue weighted by atomic mass is 79.9. The van der Waals surface area contributed by atoms with Gasteiger partial charge in [-0.2, -0.15) is 0 Å². The summed E-state index contributed by atoms with van der Waals surface area (Å²) in [6.45, 7) is 7.98. The molecule has 108 valence electrons. The third kappa shape index (κ3) is 3.35. The number of amides is 1. The molecule has 4 nitrogen and oxygen atoms in total. The molecule has 0 N–H and O–H groups in total. The lowest BCUT2D eigenvalue weighted by Crippen LogP contribution is -2.35. The van der Waals surface area contributed by atoms with Crippen LogP contribution < -0.4 is 0 Å². The summed E-state index contributed by atoms with van der Waals surface area (Å²) in [5, 5.41) is 0.761. The number of hydrogen-bond acceptors (Lipinski definition) is 4. The Kier molecular flexibility index (Phi) is 4.75. The molecule has 1 aliphatic rings. The summed E-state index contributed by atoms with van der Waals surface area (Å²) in [6.07, 6.45) is 1.76. The van der Waals surface area contributed by atoms with Gasteiger partial charge in [-0.15, -0.1) is 0 Å². The molecule has 0 atom stereocenters. The van der Waals surface area contributed by atoms with E-state index in [4.69, 9.17) is 4.42 Å². The van der Waals surface area contributed by atoms with Crippen LogP contribution in [0.3, 0.4) is 0 Å². The average molecular weight is 357 g/mol. The Labute approximate surface area is 131 Å². The van der Waals surface area contributed by atoms with Crippen molar-refractivity contribution in [2.24, 2.45) is 4.99 Å². The molecule has 2 heterocycles. The molecule has 20 heavy (non-hydrogen) atoms. The Hall–Kier alpha value is -1.01. The molecule has 1 fully saturated rings. The van der Waals surface area contributed by atoms with Crippen molar-refractivity contribution in [2.45, 2.75) is 39.8 Å². The first kappa shape index (κ1) is 15.4. The molecule has 0 unspecified atom stereocenters. The highest BCUT2D eigenvalue weighted by molar-refractivity contribution is 9.10. The summed E-state index contributed by atoms with van der Waals surface area (Å²) in [5.74, 6) is 0.638. The van der Waals surface area contributed by atoms with Crippen LogP contribution in [0.15, 0.2) is 31.1 Å².